The Morgan fingerprint density at radius 1 is 1.44 bits per heavy atom. The molecule has 1 heterocycles. The Balaban J connectivity index is 2.09. The highest BCUT2D eigenvalue weighted by Crippen LogP contribution is 2.25. The van der Waals surface area contributed by atoms with Crippen LogP contribution in [0.15, 0.2) is 22.7 Å². The fraction of sp³-hybridized carbons (Fsp3) is 0.538. The maximum Gasteiger partial charge on any atom is 0.128 e. The average molecular weight is 286 g/mol. The van der Waals surface area contributed by atoms with Gasteiger partial charge in [-0.2, -0.15) is 0 Å². The first kappa shape index (κ1) is 12.1. The molecule has 0 radical (unpaired) electrons. The van der Waals surface area contributed by atoms with Crippen molar-refractivity contribution in [3.05, 3.63) is 34.1 Å². The molecular weight excluding hydrogens is 269 g/mol. The van der Waals surface area contributed by atoms with E-state index in [1.807, 2.05) is 12.1 Å². The summed E-state index contributed by atoms with van der Waals surface area (Å²) < 4.78 is 14.5. The van der Waals surface area contributed by atoms with E-state index in [1.165, 1.54) is 6.42 Å². The minimum Gasteiger partial charge on any atom is -0.296 e. The number of hydrogen-bond acceptors (Lipinski definition) is 1. The molecule has 2 atom stereocenters. The molecule has 3 heteroatoms. The fourth-order valence-corrected chi connectivity index (χ4v) is 2.81. The molecule has 0 saturated carbocycles. The SMILES string of the molecule is CC1CC(C)N(Cc2ccc(Br)cc2F)C1. The third-order valence-corrected chi connectivity index (χ3v) is 3.79. The summed E-state index contributed by atoms with van der Waals surface area (Å²) in [5.74, 6) is 0.620. The van der Waals surface area contributed by atoms with E-state index in [4.69, 9.17) is 0 Å². The van der Waals surface area contributed by atoms with Crippen LogP contribution in [0.25, 0.3) is 0 Å². The number of nitrogens with zero attached hydrogens (tertiary/aromatic N) is 1. The molecule has 0 aromatic heterocycles. The Hall–Kier alpha value is -0.410. The second-order valence-electron chi connectivity index (χ2n) is 4.86. The summed E-state index contributed by atoms with van der Waals surface area (Å²) in [6.07, 6.45) is 1.22. The highest BCUT2D eigenvalue weighted by Gasteiger charge is 2.26. The van der Waals surface area contributed by atoms with Gasteiger partial charge in [-0.3, -0.25) is 4.90 Å². The zero-order chi connectivity index (χ0) is 11.7. The molecule has 1 aliphatic rings. The largest absolute Gasteiger partial charge is 0.296 e. The molecule has 1 aromatic carbocycles. The zero-order valence-electron chi connectivity index (χ0n) is 9.71. The van der Waals surface area contributed by atoms with E-state index in [-0.39, 0.29) is 5.82 Å². The van der Waals surface area contributed by atoms with Gasteiger partial charge in [0.2, 0.25) is 0 Å². The number of halogens is 2. The van der Waals surface area contributed by atoms with Crippen molar-refractivity contribution in [3.8, 4) is 0 Å². The van der Waals surface area contributed by atoms with Crippen molar-refractivity contribution in [2.45, 2.75) is 32.9 Å². The molecular formula is C13H17BrFN. The Morgan fingerprint density at radius 3 is 2.75 bits per heavy atom. The van der Waals surface area contributed by atoms with Crippen LogP contribution in [0.2, 0.25) is 0 Å². The summed E-state index contributed by atoms with van der Waals surface area (Å²) >= 11 is 3.28. The van der Waals surface area contributed by atoms with E-state index in [1.54, 1.807) is 6.07 Å². The van der Waals surface area contributed by atoms with E-state index >= 15 is 0 Å². The molecule has 16 heavy (non-hydrogen) atoms. The first-order valence-corrected chi connectivity index (χ1v) is 6.53. The van der Waals surface area contributed by atoms with Crippen molar-refractivity contribution >= 4 is 15.9 Å². The van der Waals surface area contributed by atoms with Crippen LogP contribution in [-0.4, -0.2) is 17.5 Å². The lowest BCUT2D eigenvalue weighted by atomic mass is 10.1. The van der Waals surface area contributed by atoms with Crippen LogP contribution in [0.3, 0.4) is 0 Å². The van der Waals surface area contributed by atoms with E-state index in [9.17, 15) is 4.39 Å². The maximum absolute atomic E-state index is 13.7. The number of rotatable bonds is 2. The second-order valence-corrected chi connectivity index (χ2v) is 5.77. The summed E-state index contributed by atoms with van der Waals surface area (Å²) in [6, 6.07) is 5.88. The Morgan fingerprint density at radius 2 is 2.19 bits per heavy atom. The normalized spacial score (nSPS) is 26.2. The van der Waals surface area contributed by atoms with Gasteiger partial charge >= 0.3 is 0 Å². The minimum absolute atomic E-state index is 0.110. The molecule has 1 nitrogen and oxygen atoms in total. The van der Waals surface area contributed by atoms with Gasteiger partial charge in [0.1, 0.15) is 5.82 Å². The molecule has 1 aromatic rings. The Labute approximate surface area is 105 Å². The second kappa shape index (κ2) is 4.84. The van der Waals surface area contributed by atoms with Crippen molar-refractivity contribution in [3.63, 3.8) is 0 Å². The zero-order valence-corrected chi connectivity index (χ0v) is 11.3. The first-order valence-electron chi connectivity index (χ1n) is 5.74. The van der Waals surface area contributed by atoms with Gasteiger partial charge in [0, 0.05) is 29.2 Å². The number of benzene rings is 1. The summed E-state index contributed by atoms with van der Waals surface area (Å²) in [7, 11) is 0. The molecule has 0 spiro atoms. The predicted octanol–water partition coefficient (Wildman–Crippen LogP) is 3.82. The third kappa shape index (κ3) is 2.64. The van der Waals surface area contributed by atoms with Crippen molar-refractivity contribution in [2.75, 3.05) is 6.54 Å². The molecule has 0 amide bonds. The van der Waals surface area contributed by atoms with E-state index in [0.717, 1.165) is 29.0 Å². The van der Waals surface area contributed by atoms with Gasteiger partial charge in [-0.25, -0.2) is 4.39 Å². The lowest BCUT2D eigenvalue weighted by Crippen LogP contribution is -2.26. The lowest BCUT2D eigenvalue weighted by Gasteiger charge is -2.21. The highest BCUT2D eigenvalue weighted by atomic mass is 79.9. The number of likely N-dealkylation sites (tertiary alicyclic amines) is 1. The maximum atomic E-state index is 13.7. The van der Waals surface area contributed by atoms with E-state index < -0.39 is 0 Å². The average Bonchev–Trinajstić information content (AvgIpc) is 2.50. The van der Waals surface area contributed by atoms with E-state index in [2.05, 4.69) is 34.7 Å². The van der Waals surface area contributed by atoms with Crippen molar-refractivity contribution < 1.29 is 4.39 Å². The van der Waals surface area contributed by atoms with Gasteiger partial charge in [0.05, 0.1) is 0 Å². The van der Waals surface area contributed by atoms with Crippen molar-refractivity contribution in [1.29, 1.82) is 0 Å². The van der Waals surface area contributed by atoms with E-state index in [0.29, 0.717) is 6.04 Å². The lowest BCUT2D eigenvalue weighted by molar-refractivity contribution is 0.253. The fourth-order valence-electron chi connectivity index (χ4n) is 2.48. The van der Waals surface area contributed by atoms with Gasteiger partial charge in [0.15, 0.2) is 0 Å². The summed E-state index contributed by atoms with van der Waals surface area (Å²) in [6.45, 7) is 6.29. The molecule has 1 fully saturated rings. The molecule has 1 aliphatic heterocycles. The minimum atomic E-state index is -0.110. The van der Waals surface area contributed by atoms with Crippen molar-refractivity contribution in [1.82, 2.24) is 4.90 Å². The quantitative estimate of drug-likeness (QED) is 0.799. The summed E-state index contributed by atoms with van der Waals surface area (Å²) in [4.78, 5) is 2.36. The first-order chi connectivity index (χ1) is 7.56. The molecule has 88 valence electrons. The molecule has 0 N–H and O–H groups in total. The van der Waals surface area contributed by atoms with Crippen LogP contribution < -0.4 is 0 Å². The van der Waals surface area contributed by atoms with Crippen molar-refractivity contribution in [2.24, 2.45) is 5.92 Å². The van der Waals surface area contributed by atoms with Gasteiger partial charge in [0.25, 0.3) is 0 Å². The molecule has 1 saturated heterocycles. The Bertz CT molecular complexity index is 380. The van der Waals surface area contributed by atoms with Crippen LogP contribution in [0.1, 0.15) is 25.8 Å². The van der Waals surface area contributed by atoms with Crippen LogP contribution in [0.5, 0.6) is 0 Å². The monoisotopic (exact) mass is 285 g/mol. The standard InChI is InChI=1S/C13H17BrFN/c1-9-5-10(2)16(7-9)8-11-3-4-12(14)6-13(11)15/h3-4,6,9-10H,5,7-8H2,1-2H3. The van der Waals surface area contributed by atoms with Crippen LogP contribution in [0, 0.1) is 11.7 Å². The Kier molecular flexibility index (Phi) is 3.65. The predicted molar refractivity (Wildman–Crippen MR) is 67.8 cm³/mol. The summed E-state index contributed by atoms with van der Waals surface area (Å²) in [5, 5.41) is 0. The van der Waals surface area contributed by atoms with Gasteiger partial charge in [-0.05, 0) is 31.4 Å². The van der Waals surface area contributed by atoms with Gasteiger partial charge < -0.3 is 0 Å². The summed E-state index contributed by atoms with van der Waals surface area (Å²) in [5.41, 5.74) is 0.796. The smallest absolute Gasteiger partial charge is 0.128 e. The van der Waals surface area contributed by atoms with Gasteiger partial charge in [-0.15, -0.1) is 0 Å². The molecule has 0 bridgehead atoms. The third-order valence-electron chi connectivity index (χ3n) is 3.30. The molecule has 2 unspecified atom stereocenters. The van der Waals surface area contributed by atoms with Gasteiger partial charge in [-0.1, -0.05) is 28.9 Å². The van der Waals surface area contributed by atoms with Crippen LogP contribution in [0.4, 0.5) is 4.39 Å². The van der Waals surface area contributed by atoms with Crippen LogP contribution in [-0.2, 0) is 6.54 Å². The highest BCUT2D eigenvalue weighted by molar-refractivity contribution is 9.10. The molecule has 0 aliphatic carbocycles. The topological polar surface area (TPSA) is 3.24 Å². The van der Waals surface area contributed by atoms with Crippen LogP contribution >= 0.6 is 15.9 Å². The number of hydrogen-bond donors (Lipinski definition) is 0. The molecule has 2 rings (SSSR count).